The highest BCUT2D eigenvalue weighted by atomic mass is 16.4. The van der Waals surface area contributed by atoms with Gasteiger partial charge in [-0.2, -0.15) is 0 Å². The highest BCUT2D eigenvalue weighted by Crippen LogP contribution is 2.35. The van der Waals surface area contributed by atoms with E-state index in [0.717, 1.165) is 12.8 Å². The number of carboxylic acids is 1. The van der Waals surface area contributed by atoms with Gasteiger partial charge in [0.15, 0.2) is 0 Å². The van der Waals surface area contributed by atoms with Crippen molar-refractivity contribution in [1.82, 2.24) is 9.80 Å². The van der Waals surface area contributed by atoms with Crippen molar-refractivity contribution >= 4 is 12.0 Å². The third-order valence-electron chi connectivity index (χ3n) is 5.51. The molecule has 0 radical (unpaired) electrons. The standard InChI is InChI=1S/C16H28N2O3/c1-4-16(14(19)20)8-9-18(11-16)15(21)17(3)13-7-5-6-12(2)10-13/h12-13H,4-11H2,1-3H3,(H,19,20). The van der Waals surface area contributed by atoms with Crippen molar-refractivity contribution in [2.75, 3.05) is 20.1 Å². The van der Waals surface area contributed by atoms with Gasteiger partial charge in [0.25, 0.3) is 0 Å². The van der Waals surface area contributed by atoms with E-state index in [-0.39, 0.29) is 6.03 Å². The van der Waals surface area contributed by atoms with Gasteiger partial charge in [-0.25, -0.2) is 4.79 Å². The molecule has 2 fully saturated rings. The fraction of sp³-hybridized carbons (Fsp3) is 0.875. The molecule has 0 bridgehead atoms. The molecule has 2 amide bonds. The molecule has 5 heteroatoms. The molecule has 3 atom stereocenters. The van der Waals surface area contributed by atoms with Crippen LogP contribution in [0, 0.1) is 11.3 Å². The Bertz CT molecular complexity index is 412. The van der Waals surface area contributed by atoms with Crippen molar-refractivity contribution in [3.05, 3.63) is 0 Å². The molecule has 0 spiro atoms. The van der Waals surface area contributed by atoms with E-state index in [9.17, 15) is 14.7 Å². The average Bonchev–Trinajstić information content (AvgIpc) is 2.91. The summed E-state index contributed by atoms with van der Waals surface area (Å²) < 4.78 is 0. The summed E-state index contributed by atoms with van der Waals surface area (Å²) in [5.74, 6) is -0.0967. The van der Waals surface area contributed by atoms with Gasteiger partial charge in [0, 0.05) is 26.2 Å². The van der Waals surface area contributed by atoms with Gasteiger partial charge < -0.3 is 14.9 Å². The number of carboxylic acid groups (broad SMARTS) is 1. The van der Waals surface area contributed by atoms with Crippen molar-refractivity contribution in [2.24, 2.45) is 11.3 Å². The lowest BCUT2D eigenvalue weighted by Crippen LogP contribution is -2.47. The minimum absolute atomic E-state index is 0.00525. The van der Waals surface area contributed by atoms with Crippen LogP contribution < -0.4 is 0 Å². The smallest absolute Gasteiger partial charge is 0.320 e. The Balaban J connectivity index is 1.99. The van der Waals surface area contributed by atoms with Crippen LogP contribution >= 0.6 is 0 Å². The SMILES string of the molecule is CCC1(C(=O)O)CCN(C(=O)N(C)C2CCCC(C)C2)C1. The van der Waals surface area contributed by atoms with Gasteiger partial charge in [0.2, 0.25) is 0 Å². The van der Waals surface area contributed by atoms with Gasteiger partial charge in [0.05, 0.1) is 5.41 Å². The molecule has 120 valence electrons. The lowest BCUT2D eigenvalue weighted by molar-refractivity contribution is -0.148. The molecule has 0 aromatic heterocycles. The van der Waals surface area contributed by atoms with Crippen LogP contribution in [0.2, 0.25) is 0 Å². The number of aliphatic carboxylic acids is 1. The lowest BCUT2D eigenvalue weighted by atomic mass is 9.84. The van der Waals surface area contributed by atoms with Crippen LogP contribution in [0.4, 0.5) is 4.79 Å². The summed E-state index contributed by atoms with van der Waals surface area (Å²) in [5, 5.41) is 9.43. The van der Waals surface area contributed by atoms with Crippen molar-refractivity contribution < 1.29 is 14.7 Å². The number of hydrogen-bond donors (Lipinski definition) is 1. The van der Waals surface area contributed by atoms with Crippen LogP contribution in [-0.4, -0.2) is 53.1 Å². The number of amides is 2. The molecular weight excluding hydrogens is 268 g/mol. The van der Waals surface area contributed by atoms with E-state index in [1.54, 1.807) is 4.90 Å². The van der Waals surface area contributed by atoms with Crippen LogP contribution in [0.3, 0.4) is 0 Å². The molecule has 2 rings (SSSR count). The van der Waals surface area contributed by atoms with E-state index in [4.69, 9.17) is 0 Å². The number of rotatable bonds is 3. The minimum atomic E-state index is -0.769. The van der Waals surface area contributed by atoms with E-state index < -0.39 is 11.4 Å². The van der Waals surface area contributed by atoms with Crippen molar-refractivity contribution in [1.29, 1.82) is 0 Å². The molecule has 3 unspecified atom stereocenters. The van der Waals surface area contributed by atoms with Gasteiger partial charge in [-0.1, -0.05) is 26.7 Å². The van der Waals surface area contributed by atoms with E-state index in [2.05, 4.69) is 6.92 Å². The molecule has 2 aliphatic rings. The molecule has 1 saturated carbocycles. The zero-order valence-corrected chi connectivity index (χ0v) is 13.5. The number of nitrogens with zero attached hydrogens (tertiary/aromatic N) is 2. The van der Waals surface area contributed by atoms with Crippen LogP contribution in [0.15, 0.2) is 0 Å². The predicted octanol–water partition coefficient (Wildman–Crippen LogP) is 2.80. The predicted molar refractivity (Wildman–Crippen MR) is 81.1 cm³/mol. The fourth-order valence-corrected chi connectivity index (χ4v) is 3.78. The molecule has 1 N–H and O–H groups in total. The number of carbonyl (C=O) groups excluding carboxylic acids is 1. The molecule has 1 aliphatic carbocycles. The Morgan fingerprint density at radius 2 is 2.10 bits per heavy atom. The quantitative estimate of drug-likeness (QED) is 0.871. The third kappa shape index (κ3) is 3.16. The molecule has 0 aromatic carbocycles. The number of carbonyl (C=O) groups is 2. The zero-order chi connectivity index (χ0) is 15.6. The van der Waals surface area contributed by atoms with Crippen molar-refractivity contribution in [2.45, 2.75) is 58.4 Å². The monoisotopic (exact) mass is 296 g/mol. The van der Waals surface area contributed by atoms with Crippen molar-refractivity contribution in [3.63, 3.8) is 0 Å². The lowest BCUT2D eigenvalue weighted by Gasteiger charge is -2.36. The van der Waals surface area contributed by atoms with Gasteiger partial charge >= 0.3 is 12.0 Å². The first-order valence-corrected chi connectivity index (χ1v) is 8.15. The summed E-state index contributed by atoms with van der Waals surface area (Å²) in [7, 11) is 1.87. The maximum absolute atomic E-state index is 12.6. The van der Waals surface area contributed by atoms with Gasteiger partial charge in [-0.15, -0.1) is 0 Å². The van der Waals surface area contributed by atoms with Crippen LogP contribution in [0.5, 0.6) is 0 Å². The van der Waals surface area contributed by atoms with Crippen LogP contribution in [0.25, 0.3) is 0 Å². The average molecular weight is 296 g/mol. The summed E-state index contributed by atoms with van der Waals surface area (Å²) in [6.07, 6.45) is 5.71. The first-order chi connectivity index (χ1) is 9.89. The second-order valence-corrected chi connectivity index (χ2v) is 6.93. The Hall–Kier alpha value is -1.26. The summed E-state index contributed by atoms with van der Waals surface area (Å²) in [4.78, 5) is 27.7. The van der Waals surface area contributed by atoms with Crippen LogP contribution in [-0.2, 0) is 4.79 Å². The summed E-state index contributed by atoms with van der Waals surface area (Å²) in [5.41, 5.74) is -0.740. The topological polar surface area (TPSA) is 60.9 Å². The molecule has 0 aromatic rings. The van der Waals surface area contributed by atoms with Gasteiger partial charge in [-0.05, 0) is 31.6 Å². The summed E-state index contributed by atoms with van der Waals surface area (Å²) >= 11 is 0. The highest BCUT2D eigenvalue weighted by Gasteiger charge is 2.45. The van der Waals surface area contributed by atoms with E-state index in [0.29, 0.717) is 37.9 Å². The first-order valence-electron chi connectivity index (χ1n) is 8.15. The second-order valence-electron chi connectivity index (χ2n) is 6.93. The fourth-order valence-electron chi connectivity index (χ4n) is 3.78. The van der Waals surface area contributed by atoms with Gasteiger partial charge in [0.1, 0.15) is 0 Å². The Labute approximate surface area is 127 Å². The molecule has 5 nitrogen and oxygen atoms in total. The third-order valence-corrected chi connectivity index (χ3v) is 5.51. The van der Waals surface area contributed by atoms with E-state index in [1.165, 1.54) is 12.8 Å². The second kappa shape index (κ2) is 6.24. The molecule has 1 aliphatic heterocycles. The maximum atomic E-state index is 12.6. The maximum Gasteiger partial charge on any atom is 0.320 e. The normalized spacial score (nSPS) is 33.0. The Kier molecular flexibility index (Phi) is 4.79. The summed E-state index contributed by atoms with van der Waals surface area (Å²) in [6, 6.07) is 0.313. The minimum Gasteiger partial charge on any atom is -0.481 e. The Morgan fingerprint density at radius 3 is 2.62 bits per heavy atom. The number of hydrogen-bond acceptors (Lipinski definition) is 2. The van der Waals surface area contributed by atoms with Crippen molar-refractivity contribution in [3.8, 4) is 0 Å². The van der Waals surface area contributed by atoms with E-state index in [1.807, 2.05) is 18.9 Å². The number of likely N-dealkylation sites (tertiary alicyclic amines) is 1. The van der Waals surface area contributed by atoms with Crippen LogP contribution in [0.1, 0.15) is 52.4 Å². The summed E-state index contributed by atoms with van der Waals surface area (Å²) in [6.45, 7) is 5.05. The van der Waals surface area contributed by atoms with Gasteiger partial charge in [-0.3, -0.25) is 4.79 Å². The Morgan fingerprint density at radius 1 is 1.38 bits per heavy atom. The molecule has 1 saturated heterocycles. The zero-order valence-electron chi connectivity index (χ0n) is 13.5. The molecular formula is C16H28N2O3. The van der Waals surface area contributed by atoms with E-state index >= 15 is 0 Å². The largest absolute Gasteiger partial charge is 0.481 e. The molecule has 21 heavy (non-hydrogen) atoms. The number of urea groups is 1. The first kappa shape index (κ1) is 16.1. The molecule has 1 heterocycles. The highest BCUT2D eigenvalue weighted by molar-refractivity contribution is 5.79.